The van der Waals surface area contributed by atoms with Crippen LogP contribution in [0.5, 0.6) is 0 Å². The smallest absolute Gasteiger partial charge is 0.359 e. The summed E-state index contributed by atoms with van der Waals surface area (Å²) in [4.78, 5) is 34.0. The van der Waals surface area contributed by atoms with Crippen molar-refractivity contribution < 1.29 is 18.7 Å². The van der Waals surface area contributed by atoms with Gasteiger partial charge in [-0.2, -0.15) is 0 Å². The molecule has 166 valence electrons. The maximum Gasteiger partial charge on any atom is 0.359 e. The number of aromatic nitrogens is 2. The lowest BCUT2D eigenvalue weighted by Crippen LogP contribution is -2.62. The zero-order valence-electron chi connectivity index (χ0n) is 18.5. The van der Waals surface area contributed by atoms with Crippen molar-refractivity contribution in [3.05, 3.63) is 41.7 Å². The average molecular weight is 429 g/mol. The summed E-state index contributed by atoms with van der Waals surface area (Å²) < 4.78 is 21.4. The first-order valence-electron chi connectivity index (χ1n) is 10.4. The Morgan fingerprint density at radius 2 is 1.97 bits per heavy atom. The number of urea groups is 1. The minimum atomic E-state index is -0.677. The van der Waals surface area contributed by atoms with Crippen molar-refractivity contribution in [3.8, 4) is 5.69 Å². The summed E-state index contributed by atoms with van der Waals surface area (Å²) in [5.74, 6) is -0.992. The van der Waals surface area contributed by atoms with Gasteiger partial charge in [0.25, 0.3) is 0 Å². The van der Waals surface area contributed by atoms with Crippen LogP contribution in [0.3, 0.4) is 0 Å². The average Bonchev–Trinajstić information content (AvgIpc) is 3.09. The second-order valence-electron chi connectivity index (χ2n) is 9.55. The SMILES string of the molecule is CC(C)(C)OC(=O)c1ncn2c1CN(C(=O)N1CCNCC1(C)C)c1cc(F)ccc1-2. The van der Waals surface area contributed by atoms with E-state index >= 15 is 0 Å². The van der Waals surface area contributed by atoms with Crippen LogP contribution < -0.4 is 10.2 Å². The number of ether oxygens (including phenoxy) is 1. The number of rotatable bonds is 1. The van der Waals surface area contributed by atoms with Crippen molar-refractivity contribution in [3.63, 3.8) is 0 Å². The molecule has 3 heterocycles. The number of carbonyl (C=O) groups is 2. The van der Waals surface area contributed by atoms with Gasteiger partial charge in [-0.3, -0.25) is 9.47 Å². The van der Waals surface area contributed by atoms with Crippen molar-refractivity contribution >= 4 is 17.7 Å². The van der Waals surface area contributed by atoms with Crippen molar-refractivity contribution in [2.24, 2.45) is 0 Å². The second kappa shape index (κ2) is 7.33. The van der Waals surface area contributed by atoms with Gasteiger partial charge in [-0.1, -0.05) is 0 Å². The zero-order valence-corrected chi connectivity index (χ0v) is 18.5. The van der Waals surface area contributed by atoms with Crippen LogP contribution in [0.1, 0.15) is 50.8 Å². The van der Waals surface area contributed by atoms with Crippen LogP contribution in [-0.4, -0.2) is 57.2 Å². The molecule has 2 aliphatic heterocycles. The number of halogens is 1. The Morgan fingerprint density at radius 3 is 2.65 bits per heavy atom. The van der Waals surface area contributed by atoms with Crippen LogP contribution in [0.4, 0.5) is 14.9 Å². The van der Waals surface area contributed by atoms with Gasteiger partial charge in [-0.15, -0.1) is 0 Å². The molecule has 2 aliphatic rings. The topological polar surface area (TPSA) is 79.7 Å². The van der Waals surface area contributed by atoms with Gasteiger partial charge in [0.2, 0.25) is 0 Å². The fourth-order valence-electron chi connectivity index (χ4n) is 4.03. The molecule has 0 unspecified atom stereocenters. The van der Waals surface area contributed by atoms with Crippen LogP contribution in [0.2, 0.25) is 0 Å². The molecule has 1 fully saturated rings. The molecule has 0 bridgehead atoms. The van der Waals surface area contributed by atoms with E-state index in [1.54, 1.807) is 36.3 Å². The van der Waals surface area contributed by atoms with Gasteiger partial charge in [-0.25, -0.2) is 19.0 Å². The minimum Gasteiger partial charge on any atom is -0.455 e. The van der Waals surface area contributed by atoms with Gasteiger partial charge in [0.05, 0.1) is 29.2 Å². The van der Waals surface area contributed by atoms with Crippen molar-refractivity contribution in [2.45, 2.75) is 52.3 Å². The minimum absolute atomic E-state index is 0.0872. The number of carbonyl (C=O) groups excluding carboxylic acids is 2. The first kappa shape index (κ1) is 21.3. The number of hydrogen-bond donors (Lipinski definition) is 1. The van der Waals surface area contributed by atoms with Crippen molar-refractivity contribution in [1.29, 1.82) is 0 Å². The number of fused-ring (bicyclic) bond motifs is 3. The fourth-order valence-corrected chi connectivity index (χ4v) is 4.03. The lowest BCUT2D eigenvalue weighted by atomic mass is 10.0. The molecule has 8 nitrogen and oxygen atoms in total. The van der Waals surface area contributed by atoms with Gasteiger partial charge >= 0.3 is 12.0 Å². The van der Waals surface area contributed by atoms with Gasteiger partial charge in [0, 0.05) is 19.6 Å². The third-order valence-corrected chi connectivity index (χ3v) is 5.52. The lowest BCUT2D eigenvalue weighted by molar-refractivity contribution is 0.00618. The monoisotopic (exact) mass is 429 g/mol. The molecule has 0 saturated carbocycles. The largest absolute Gasteiger partial charge is 0.455 e. The van der Waals surface area contributed by atoms with Crippen LogP contribution in [-0.2, 0) is 11.3 Å². The fraction of sp³-hybridized carbons (Fsp3) is 0.500. The summed E-state index contributed by atoms with van der Waals surface area (Å²) in [6.07, 6.45) is 1.52. The molecule has 0 spiro atoms. The standard InChI is InChI=1S/C22H28FN5O3/c1-21(2,3)31-19(29)18-17-11-26(20(30)28-9-8-24-12-22(28,4)5)16-10-14(23)6-7-15(16)27(17)13-25-18/h6-7,10,13,24H,8-9,11-12H2,1-5H3. The number of nitrogens with one attached hydrogen (secondary N) is 1. The summed E-state index contributed by atoms with van der Waals surface area (Å²) in [6, 6.07) is 4.04. The number of esters is 1. The lowest BCUT2D eigenvalue weighted by Gasteiger charge is -2.45. The summed E-state index contributed by atoms with van der Waals surface area (Å²) in [5.41, 5.74) is 0.640. The van der Waals surface area contributed by atoms with Crippen LogP contribution in [0, 0.1) is 5.82 Å². The van der Waals surface area contributed by atoms with Gasteiger partial charge < -0.3 is 15.0 Å². The predicted octanol–water partition coefficient (Wildman–Crippen LogP) is 3.09. The van der Waals surface area contributed by atoms with Crippen LogP contribution >= 0.6 is 0 Å². The summed E-state index contributed by atoms with van der Waals surface area (Å²) in [5, 5.41) is 3.30. The Labute approximate surface area is 181 Å². The van der Waals surface area contributed by atoms with Gasteiger partial charge in [-0.05, 0) is 52.8 Å². The second-order valence-corrected chi connectivity index (χ2v) is 9.55. The number of nitrogens with zero attached hydrogens (tertiary/aromatic N) is 4. The molecule has 4 rings (SSSR count). The molecule has 1 N–H and O–H groups in total. The molecule has 1 saturated heterocycles. The van der Waals surface area contributed by atoms with E-state index in [0.29, 0.717) is 36.7 Å². The molecule has 0 aliphatic carbocycles. The maximum atomic E-state index is 14.2. The first-order valence-corrected chi connectivity index (χ1v) is 10.4. The van der Waals surface area contributed by atoms with Crippen molar-refractivity contribution in [1.82, 2.24) is 19.8 Å². The zero-order chi connectivity index (χ0) is 22.6. The molecule has 9 heteroatoms. The third-order valence-electron chi connectivity index (χ3n) is 5.52. The molecule has 2 amide bonds. The summed E-state index contributed by atoms with van der Waals surface area (Å²) in [6.45, 7) is 11.3. The van der Waals surface area contributed by atoms with E-state index in [4.69, 9.17) is 4.74 Å². The van der Waals surface area contributed by atoms with E-state index in [1.807, 2.05) is 13.8 Å². The van der Waals surface area contributed by atoms with E-state index in [0.717, 1.165) is 0 Å². The first-order chi connectivity index (χ1) is 14.5. The summed E-state index contributed by atoms with van der Waals surface area (Å²) >= 11 is 0. The molecule has 1 aromatic carbocycles. The number of hydrogen-bond acceptors (Lipinski definition) is 5. The number of imidazole rings is 1. The Balaban J connectivity index is 1.77. The molecule has 31 heavy (non-hydrogen) atoms. The van der Waals surface area contributed by atoms with Gasteiger partial charge in [0.15, 0.2) is 5.69 Å². The molecular formula is C22H28FN5O3. The normalized spacial score (nSPS) is 17.7. The van der Waals surface area contributed by atoms with E-state index < -0.39 is 22.9 Å². The van der Waals surface area contributed by atoms with Crippen molar-refractivity contribution in [2.75, 3.05) is 24.5 Å². The highest BCUT2D eigenvalue weighted by atomic mass is 19.1. The number of amides is 2. The van der Waals surface area contributed by atoms with E-state index in [-0.39, 0.29) is 18.3 Å². The highest BCUT2D eigenvalue weighted by molar-refractivity contribution is 5.97. The highest BCUT2D eigenvalue weighted by Gasteiger charge is 2.39. The number of benzene rings is 1. The van der Waals surface area contributed by atoms with Gasteiger partial charge in [0.1, 0.15) is 17.7 Å². The Morgan fingerprint density at radius 1 is 1.23 bits per heavy atom. The van der Waals surface area contributed by atoms with E-state index in [9.17, 15) is 14.0 Å². The third kappa shape index (κ3) is 3.89. The Hall–Kier alpha value is -2.94. The quantitative estimate of drug-likeness (QED) is 0.705. The Kier molecular flexibility index (Phi) is 5.04. The van der Waals surface area contributed by atoms with Crippen LogP contribution in [0.25, 0.3) is 5.69 Å². The number of anilines is 1. The van der Waals surface area contributed by atoms with Crippen LogP contribution in [0.15, 0.2) is 24.5 Å². The molecule has 2 aromatic rings. The number of piperazine rings is 1. The summed E-state index contributed by atoms with van der Waals surface area (Å²) in [7, 11) is 0. The Bertz CT molecular complexity index is 1040. The molecule has 1 aromatic heterocycles. The maximum absolute atomic E-state index is 14.2. The van der Waals surface area contributed by atoms with E-state index in [2.05, 4.69) is 10.3 Å². The van der Waals surface area contributed by atoms with E-state index in [1.165, 1.54) is 23.4 Å². The molecule has 0 atom stereocenters. The highest BCUT2D eigenvalue weighted by Crippen LogP contribution is 2.36. The predicted molar refractivity (Wildman–Crippen MR) is 114 cm³/mol. The molecule has 0 radical (unpaired) electrons. The molecular weight excluding hydrogens is 401 g/mol.